The average molecular weight is 383 g/mol. The molecule has 0 radical (unpaired) electrons. The van der Waals surface area contributed by atoms with Gasteiger partial charge in [-0.2, -0.15) is 0 Å². The van der Waals surface area contributed by atoms with Gasteiger partial charge in [0, 0.05) is 40.8 Å². The SMILES string of the molecule is COCCS(=O)Cc1cccc(NC(=O)Cc2ccc(N)cc2)c1.Cl. The van der Waals surface area contributed by atoms with E-state index in [2.05, 4.69) is 5.32 Å². The van der Waals surface area contributed by atoms with Crippen molar-refractivity contribution in [1.29, 1.82) is 0 Å². The first-order valence-corrected chi connectivity index (χ1v) is 9.13. The summed E-state index contributed by atoms with van der Waals surface area (Å²) in [6, 6.07) is 14.7. The van der Waals surface area contributed by atoms with Gasteiger partial charge < -0.3 is 15.8 Å². The molecule has 5 nitrogen and oxygen atoms in total. The average Bonchev–Trinajstić information content (AvgIpc) is 2.55. The molecular weight excluding hydrogens is 360 g/mol. The molecule has 1 atom stereocenters. The van der Waals surface area contributed by atoms with E-state index in [0.717, 1.165) is 11.1 Å². The van der Waals surface area contributed by atoms with Gasteiger partial charge in [-0.05, 0) is 35.4 Å². The van der Waals surface area contributed by atoms with Gasteiger partial charge in [-0.1, -0.05) is 24.3 Å². The fourth-order valence-corrected chi connectivity index (χ4v) is 3.25. The van der Waals surface area contributed by atoms with Gasteiger partial charge in [0.25, 0.3) is 0 Å². The predicted octanol–water partition coefficient (Wildman–Crippen LogP) is 2.77. The summed E-state index contributed by atoms with van der Waals surface area (Å²) in [5.74, 6) is 0.854. The Kier molecular flexibility index (Phi) is 9.20. The molecule has 25 heavy (non-hydrogen) atoms. The second kappa shape index (κ2) is 10.9. The second-order valence-electron chi connectivity index (χ2n) is 5.45. The van der Waals surface area contributed by atoms with Crippen molar-refractivity contribution >= 4 is 40.5 Å². The summed E-state index contributed by atoms with van der Waals surface area (Å²) in [6.45, 7) is 0.477. The van der Waals surface area contributed by atoms with Crippen LogP contribution in [0, 0.1) is 0 Å². The third-order valence-electron chi connectivity index (χ3n) is 3.40. The van der Waals surface area contributed by atoms with E-state index in [1.54, 1.807) is 19.2 Å². The highest BCUT2D eigenvalue weighted by Gasteiger charge is 2.06. The Bertz CT molecular complexity index is 708. The Morgan fingerprint density at radius 1 is 1.16 bits per heavy atom. The molecule has 0 aliphatic rings. The number of amides is 1. The maximum Gasteiger partial charge on any atom is 0.228 e. The maximum atomic E-state index is 12.1. The lowest BCUT2D eigenvalue weighted by atomic mass is 10.1. The minimum absolute atomic E-state index is 0. The van der Waals surface area contributed by atoms with E-state index in [1.165, 1.54) is 0 Å². The monoisotopic (exact) mass is 382 g/mol. The molecule has 2 rings (SSSR count). The number of carbonyl (C=O) groups excluding carboxylic acids is 1. The Balaban J connectivity index is 0.00000312. The van der Waals surface area contributed by atoms with Crippen LogP contribution in [0.15, 0.2) is 48.5 Å². The third-order valence-corrected chi connectivity index (χ3v) is 4.68. The molecule has 2 aromatic carbocycles. The molecule has 0 saturated carbocycles. The fourth-order valence-electron chi connectivity index (χ4n) is 2.20. The molecule has 2 aromatic rings. The van der Waals surface area contributed by atoms with Crippen LogP contribution < -0.4 is 11.1 Å². The van der Waals surface area contributed by atoms with Crippen LogP contribution in [0.25, 0.3) is 0 Å². The van der Waals surface area contributed by atoms with Crippen LogP contribution in [0.1, 0.15) is 11.1 Å². The number of hydrogen-bond donors (Lipinski definition) is 2. The quantitative estimate of drug-likeness (QED) is 0.688. The molecule has 0 bridgehead atoms. The van der Waals surface area contributed by atoms with E-state index in [9.17, 15) is 9.00 Å². The number of ether oxygens (including phenoxy) is 1. The van der Waals surface area contributed by atoms with Gasteiger partial charge >= 0.3 is 0 Å². The van der Waals surface area contributed by atoms with Crippen LogP contribution in [0.4, 0.5) is 11.4 Å². The van der Waals surface area contributed by atoms with Crippen molar-refractivity contribution in [2.45, 2.75) is 12.2 Å². The van der Waals surface area contributed by atoms with Gasteiger partial charge in [0.15, 0.2) is 0 Å². The van der Waals surface area contributed by atoms with E-state index in [4.69, 9.17) is 10.5 Å². The normalized spacial score (nSPS) is 11.4. The lowest BCUT2D eigenvalue weighted by molar-refractivity contribution is -0.115. The molecule has 136 valence electrons. The van der Waals surface area contributed by atoms with Crippen molar-refractivity contribution in [1.82, 2.24) is 0 Å². The van der Waals surface area contributed by atoms with Crippen molar-refractivity contribution < 1.29 is 13.7 Å². The van der Waals surface area contributed by atoms with Crippen molar-refractivity contribution in [2.75, 3.05) is 30.5 Å². The maximum absolute atomic E-state index is 12.1. The summed E-state index contributed by atoms with van der Waals surface area (Å²) in [5.41, 5.74) is 8.84. The molecule has 0 heterocycles. The first-order valence-electron chi connectivity index (χ1n) is 7.64. The number of methoxy groups -OCH3 is 1. The number of nitrogens with one attached hydrogen (secondary N) is 1. The largest absolute Gasteiger partial charge is 0.399 e. The summed E-state index contributed by atoms with van der Waals surface area (Å²) in [7, 11) is 0.617. The lowest BCUT2D eigenvalue weighted by Crippen LogP contribution is -2.14. The first-order chi connectivity index (χ1) is 11.6. The summed E-state index contributed by atoms with van der Waals surface area (Å²) in [5, 5.41) is 2.87. The summed E-state index contributed by atoms with van der Waals surface area (Å²) in [6.07, 6.45) is 0.282. The molecule has 0 saturated heterocycles. The number of rotatable bonds is 8. The summed E-state index contributed by atoms with van der Waals surface area (Å²) >= 11 is 0. The zero-order valence-electron chi connectivity index (χ0n) is 14.1. The smallest absolute Gasteiger partial charge is 0.228 e. The topological polar surface area (TPSA) is 81.4 Å². The van der Waals surface area contributed by atoms with Crippen molar-refractivity contribution in [3.05, 3.63) is 59.7 Å². The molecule has 0 fully saturated rings. The molecule has 3 N–H and O–H groups in total. The van der Waals surface area contributed by atoms with E-state index in [-0.39, 0.29) is 24.7 Å². The molecule has 0 aromatic heterocycles. The van der Waals surface area contributed by atoms with Gasteiger partial charge in [-0.25, -0.2) is 0 Å². The molecule has 1 amide bonds. The summed E-state index contributed by atoms with van der Waals surface area (Å²) < 4.78 is 16.8. The number of benzene rings is 2. The van der Waals surface area contributed by atoms with E-state index in [1.807, 2.05) is 36.4 Å². The first kappa shape index (κ1) is 21.2. The third kappa shape index (κ3) is 7.69. The number of hydrogen-bond acceptors (Lipinski definition) is 4. The van der Waals surface area contributed by atoms with Gasteiger partial charge in [0.1, 0.15) is 0 Å². The Hall–Kier alpha value is -1.89. The number of nitrogens with two attached hydrogens (primary N) is 1. The molecule has 0 aliphatic heterocycles. The van der Waals surface area contributed by atoms with Crippen LogP contribution in [-0.2, 0) is 32.5 Å². The van der Waals surface area contributed by atoms with Crippen LogP contribution in [0.5, 0.6) is 0 Å². The van der Waals surface area contributed by atoms with Gasteiger partial charge in [-0.15, -0.1) is 12.4 Å². The minimum atomic E-state index is -0.975. The zero-order chi connectivity index (χ0) is 17.4. The number of nitrogen functional groups attached to an aromatic ring is 1. The zero-order valence-corrected chi connectivity index (χ0v) is 15.7. The molecule has 0 spiro atoms. The number of anilines is 2. The van der Waals surface area contributed by atoms with E-state index in [0.29, 0.717) is 29.5 Å². The predicted molar refractivity (Wildman–Crippen MR) is 105 cm³/mol. The Morgan fingerprint density at radius 2 is 1.88 bits per heavy atom. The van der Waals surface area contributed by atoms with Crippen LogP contribution in [0.2, 0.25) is 0 Å². The van der Waals surface area contributed by atoms with E-state index < -0.39 is 10.8 Å². The molecule has 7 heteroatoms. The minimum Gasteiger partial charge on any atom is -0.399 e. The Labute approximate surface area is 156 Å². The second-order valence-corrected chi connectivity index (χ2v) is 7.02. The van der Waals surface area contributed by atoms with Crippen molar-refractivity contribution in [2.24, 2.45) is 0 Å². The molecular formula is C18H23ClN2O3S. The standard InChI is InChI=1S/C18H22N2O3S.ClH/c1-23-9-10-24(22)13-15-3-2-4-17(11-15)20-18(21)12-14-5-7-16(19)8-6-14;/h2-8,11H,9-10,12-13,19H2,1H3,(H,20,21);1H. The van der Waals surface area contributed by atoms with Gasteiger partial charge in [0.2, 0.25) is 5.91 Å². The molecule has 0 aliphatic carbocycles. The lowest BCUT2D eigenvalue weighted by Gasteiger charge is -2.08. The van der Waals surface area contributed by atoms with Crippen molar-refractivity contribution in [3.63, 3.8) is 0 Å². The number of halogens is 1. The van der Waals surface area contributed by atoms with Crippen molar-refractivity contribution in [3.8, 4) is 0 Å². The number of carbonyl (C=O) groups is 1. The Morgan fingerprint density at radius 3 is 2.56 bits per heavy atom. The van der Waals surface area contributed by atoms with Crippen LogP contribution >= 0.6 is 12.4 Å². The van der Waals surface area contributed by atoms with Crippen LogP contribution in [0.3, 0.4) is 0 Å². The fraction of sp³-hybridized carbons (Fsp3) is 0.278. The highest BCUT2D eigenvalue weighted by Crippen LogP contribution is 2.14. The summed E-state index contributed by atoms with van der Waals surface area (Å²) in [4.78, 5) is 12.1. The van der Waals surface area contributed by atoms with E-state index >= 15 is 0 Å². The van der Waals surface area contributed by atoms with Gasteiger partial charge in [0.05, 0.1) is 13.0 Å². The highest BCUT2D eigenvalue weighted by atomic mass is 35.5. The highest BCUT2D eigenvalue weighted by molar-refractivity contribution is 7.84. The van der Waals surface area contributed by atoms with Gasteiger partial charge in [-0.3, -0.25) is 9.00 Å². The molecule has 1 unspecified atom stereocenters. The van der Waals surface area contributed by atoms with Crippen LogP contribution in [-0.4, -0.2) is 29.6 Å².